The van der Waals surface area contributed by atoms with E-state index in [-0.39, 0.29) is 39.0 Å². The molecule has 3 amide bonds. The second-order valence-corrected chi connectivity index (χ2v) is 11.7. The first-order valence-electron chi connectivity index (χ1n) is 13.3. The van der Waals surface area contributed by atoms with E-state index in [1.165, 1.54) is 41.3 Å². The van der Waals surface area contributed by atoms with Gasteiger partial charge in [-0.05, 0) is 84.9 Å². The van der Waals surface area contributed by atoms with E-state index in [0.717, 1.165) is 16.7 Å². The molecule has 3 aromatic carbocycles. The van der Waals surface area contributed by atoms with E-state index < -0.39 is 36.7 Å². The Hall–Kier alpha value is -4.51. The molecule has 240 valence electrons. The smallest absolute Gasteiger partial charge is 0.446 e. The van der Waals surface area contributed by atoms with Crippen LogP contribution in [0.3, 0.4) is 0 Å². The van der Waals surface area contributed by atoms with Crippen molar-refractivity contribution in [1.29, 1.82) is 0 Å². The van der Waals surface area contributed by atoms with E-state index in [1.54, 1.807) is 43.3 Å². The van der Waals surface area contributed by atoms with Crippen LogP contribution < -0.4 is 15.0 Å². The maximum Gasteiger partial charge on any atom is 0.446 e. The number of alkyl halides is 6. The van der Waals surface area contributed by atoms with Crippen LogP contribution in [0.1, 0.15) is 12.0 Å². The van der Waals surface area contributed by atoms with Crippen molar-refractivity contribution in [2.45, 2.75) is 29.9 Å². The molecular formula is C29H22F6N6O3S2. The van der Waals surface area contributed by atoms with E-state index in [0.29, 0.717) is 28.3 Å². The number of thioether (sulfide) groups is 2. The van der Waals surface area contributed by atoms with Gasteiger partial charge in [-0.25, -0.2) is 14.5 Å². The highest BCUT2D eigenvalue weighted by Gasteiger charge is 2.33. The number of amides is 3. The molecule has 4 aromatic rings. The Morgan fingerprint density at radius 2 is 1.76 bits per heavy atom. The van der Waals surface area contributed by atoms with Gasteiger partial charge in [0.2, 0.25) is 5.91 Å². The van der Waals surface area contributed by atoms with Gasteiger partial charge < -0.3 is 10.1 Å². The predicted molar refractivity (Wildman–Crippen MR) is 162 cm³/mol. The Kier molecular flexibility index (Phi) is 9.62. The number of nitrogens with one attached hydrogen (secondary N) is 1. The molecule has 2 heterocycles. The third-order valence-electron chi connectivity index (χ3n) is 6.18. The first kappa shape index (κ1) is 32.9. The summed E-state index contributed by atoms with van der Waals surface area (Å²) < 4.78 is 82.5. The van der Waals surface area contributed by atoms with Crippen molar-refractivity contribution in [3.8, 4) is 22.8 Å². The molecule has 1 aliphatic rings. The number of amidine groups is 1. The molecule has 0 atom stereocenters. The summed E-state index contributed by atoms with van der Waals surface area (Å²) in [6.45, 7) is 1.09. The molecule has 46 heavy (non-hydrogen) atoms. The zero-order valence-electron chi connectivity index (χ0n) is 23.6. The summed E-state index contributed by atoms with van der Waals surface area (Å²) in [7, 11) is 0. The second-order valence-electron chi connectivity index (χ2n) is 9.66. The summed E-state index contributed by atoms with van der Waals surface area (Å²) in [6.07, 6.45) is -4.17. The molecule has 0 radical (unpaired) electrons. The average molecular weight is 681 g/mol. The lowest BCUT2D eigenvalue weighted by Crippen LogP contribution is -2.31. The summed E-state index contributed by atoms with van der Waals surface area (Å²) in [5.74, 6) is -0.0829. The van der Waals surface area contributed by atoms with Crippen LogP contribution in [-0.4, -0.2) is 55.9 Å². The van der Waals surface area contributed by atoms with Crippen molar-refractivity contribution in [3.63, 3.8) is 0 Å². The maximum absolute atomic E-state index is 12.8. The van der Waals surface area contributed by atoms with Gasteiger partial charge in [-0.3, -0.25) is 9.69 Å². The number of nitrogens with zero attached hydrogens (tertiary/aromatic N) is 5. The Balaban J connectivity index is 1.26. The summed E-state index contributed by atoms with van der Waals surface area (Å²) in [6, 6.07) is 16.0. The molecule has 0 aliphatic carbocycles. The Morgan fingerprint density at radius 3 is 2.43 bits per heavy atom. The number of hydrogen-bond acceptors (Lipinski definition) is 7. The number of hydrogen-bond donors (Lipinski definition) is 1. The number of carbonyl (C=O) groups excluding carboxylic acids is 2. The van der Waals surface area contributed by atoms with Gasteiger partial charge in [-0.15, -0.1) is 5.10 Å². The lowest BCUT2D eigenvalue weighted by atomic mass is 10.2. The number of ether oxygens (including phenoxy) is 1. The molecule has 1 aromatic heterocycles. The van der Waals surface area contributed by atoms with E-state index in [4.69, 9.17) is 4.74 Å². The van der Waals surface area contributed by atoms with Crippen molar-refractivity contribution >= 4 is 52.0 Å². The van der Waals surface area contributed by atoms with Crippen molar-refractivity contribution in [2.24, 2.45) is 4.99 Å². The highest BCUT2D eigenvalue weighted by Crippen LogP contribution is 2.37. The van der Waals surface area contributed by atoms with Gasteiger partial charge in [0.15, 0.2) is 11.0 Å². The molecule has 0 bridgehead atoms. The van der Waals surface area contributed by atoms with Crippen molar-refractivity contribution in [2.75, 3.05) is 22.6 Å². The molecule has 17 heteroatoms. The fraction of sp³-hybridized carbons (Fsp3) is 0.207. The lowest BCUT2D eigenvalue weighted by Gasteiger charge is -2.20. The molecule has 5 rings (SSSR count). The van der Waals surface area contributed by atoms with Crippen LogP contribution in [0.5, 0.6) is 5.75 Å². The minimum atomic E-state index is -4.41. The molecule has 9 nitrogen and oxygen atoms in total. The maximum atomic E-state index is 12.8. The minimum Gasteiger partial charge on any atom is -0.491 e. The summed E-state index contributed by atoms with van der Waals surface area (Å²) in [5.41, 5.74) is -2.03. The fourth-order valence-corrected chi connectivity index (χ4v) is 5.54. The third kappa shape index (κ3) is 8.60. The third-order valence-corrected chi connectivity index (χ3v) is 7.84. The summed E-state index contributed by atoms with van der Waals surface area (Å²) in [5, 5.41) is 7.00. The molecule has 1 aliphatic heterocycles. The molecular weight excluding hydrogens is 658 g/mol. The second kappa shape index (κ2) is 13.5. The largest absolute Gasteiger partial charge is 0.491 e. The van der Waals surface area contributed by atoms with Gasteiger partial charge in [0.1, 0.15) is 12.1 Å². The minimum absolute atomic E-state index is 0.0326. The molecule has 0 saturated carbocycles. The fourth-order valence-electron chi connectivity index (χ4n) is 4.14. The van der Waals surface area contributed by atoms with E-state index in [9.17, 15) is 35.9 Å². The number of aliphatic imine (C=N–C) groups is 1. The van der Waals surface area contributed by atoms with Crippen LogP contribution in [-0.2, 0) is 4.79 Å². The number of anilines is 2. The first-order chi connectivity index (χ1) is 21.7. The highest BCUT2D eigenvalue weighted by molar-refractivity contribution is 8.15. The lowest BCUT2D eigenvalue weighted by molar-refractivity contribution is -0.139. The van der Waals surface area contributed by atoms with Crippen molar-refractivity contribution in [3.05, 3.63) is 78.6 Å². The predicted octanol–water partition coefficient (Wildman–Crippen LogP) is 7.85. The van der Waals surface area contributed by atoms with Crippen molar-refractivity contribution in [1.82, 2.24) is 14.8 Å². The summed E-state index contributed by atoms with van der Waals surface area (Å²) >= 11 is 0.784. The topological polar surface area (TPSA) is 102 Å². The molecule has 1 fully saturated rings. The first-order valence-corrected chi connectivity index (χ1v) is 15.1. The van der Waals surface area contributed by atoms with Crippen LogP contribution in [0.25, 0.3) is 17.1 Å². The molecule has 0 unspecified atom stereocenters. The van der Waals surface area contributed by atoms with Crippen LogP contribution >= 0.6 is 23.5 Å². The number of carbonyl (C=O) groups is 2. The Bertz CT molecular complexity index is 1760. The Labute approximate surface area is 266 Å². The summed E-state index contributed by atoms with van der Waals surface area (Å²) in [4.78, 5) is 35.0. The zero-order valence-corrected chi connectivity index (χ0v) is 25.2. The zero-order chi connectivity index (χ0) is 33.1. The molecule has 1 N–H and O–H groups in total. The van der Waals surface area contributed by atoms with Gasteiger partial charge in [0.05, 0.1) is 30.2 Å². The van der Waals surface area contributed by atoms with Crippen molar-refractivity contribution < 1.29 is 40.7 Å². The number of urea groups is 1. The van der Waals surface area contributed by atoms with Gasteiger partial charge in [0, 0.05) is 16.1 Å². The highest BCUT2D eigenvalue weighted by atomic mass is 32.2. The molecule has 1 saturated heterocycles. The van der Waals surface area contributed by atoms with Gasteiger partial charge in [-0.1, -0.05) is 17.8 Å². The van der Waals surface area contributed by atoms with Crippen LogP contribution in [0.15, 0.2) is 82.9 Å². The monoisotopic (exact) mass is 680 g/mol. The van der Waals surface area contributed by atoms with E-state index in [1.807, 2.05) is 0 Å². The SMILES string of the molecule is Cc1ccc(OCCC(F)(F)F)c(N2C(=O)CSC2=NC(=O)Nc2ccc(-c3ncn(-c4ccc(SC(F)(F)F)cc4)n3)cc2)c1. The quantitative estimate of drug-likeness (QED) is 0.149. The number of aromatic nitrogens is 3. The Morgan fingerprint density at radius 1 is 1.04 bits per heavy atom. The number of benzene rings is 3. The van der Waals surface area contributed by atoms with Crippen LogP contribution in [0, 0.1) is 6.92 Å². The number of rotatable bonds is 8. The van der Waals surface area contributed by atoms with E-state index in [2.05, 4.69) is 20.4 Å². The van der Waals surface area contributed by atoms with Gasteiger partial charge in [0.25, 0.3) is 0 Å². The normalized spacial score (nSPS) is 14.6. The van der Waals surface area contributed by atoms with Crippen LogP contribution in [0.2, 0.25) is 0 Å². The van der Waals surface area contributed by atoms with Gasteiger partial charge >= 0.3 is 17.7 Å². The van der Waals surface area contributed by atoms with Gasteiger partial charge in [-0.2, -0.15) is 31.3 Å². The van der Waals surface area contributed by atoms with E-state index >= 15 is 0 Å². The number of aryl methyl sites for hydroxylation is 1. The van der Waals surface area contributed by atoms with Crippen LogP contribution in [0.4, 0.5) is 42.5 Å². The molecule has 0 spiro atoms. The average Bonchev–Trinajstić information content (AvgIpc) is 3.60. The standard InChI is InChI=1S/C29H22F6N6O3S2/c1-17-2-11-23(44-13-12-28(30,31)32)22(14-17)41-24(42)15-45-27(41)38-26(43)37-19-5-3-18(4-6-19)25-36-16-40(39-25)20-7-9-21(10-8-20)46-29(33,34)35/h2-11,14,16H,12-13,15H2,1H3,(H,37,43). The number of halogens is 6.